The Bertz CT molecular complexity index is 1190. The number of ether oxygens (including phenoxy) is 2. The molecular weight excluding hydrogens is 426 g/mol. The minimum Gasteiger partial charge on any atom is -0.496 e. The molecule has 0 atom stereocenters. The van der Waals surface area contributed by atoms with Gasteiger partial charge in [-0.3, -0.25) is 9.69 Å². The van der Waals surface area contributed by atoms with Crippen LogP contribution in [0.3, 0.4) is 0 Å². The van der Waals surface area contributed by atoms with Crippen molar-refractivity contribution in [3.63, 3.8) is 0 Å². The summed E-state index contributed by atoms with van der Waals surface area (Å²) in [6.45, 7) is 0.255. The van der Waals surface area contributed by atoms with Crippen molar-refractivity contribution in [3.8, 4) is 11.5 Å². The Morgan fingerprint density at radius 2 is 1.66 bits per heavy atom. The van der Waals surface area contributed by atoms with E-state index in [0.717, 1.165) is 11.1 Å². The molecule has 1 aliphatic rings. The zero-order chi connectivity index (χ0) is 22.3. The molecule has 0 bridgehead atoms. The van der Waals surface area contributed by atoms with Crippen LogP contribution in [-0.4, -0.2) is 36.4 Å². The number of carbonyl (C=O) groups excluding carboxylic acids is 1. The number of thioether (sulfide) groups is 1. The van der Waals surface area contributed by atoms with E-state index < -0.39 is 0 Å². The van der Waals surface area contributed by atoms with Gasteiger partial charge in [0, 0.05) is 11.1 Å². The normalized spacial score (nSPS) is 16.4. The maximum Gasteiger partial charge on any atom is 0.267 e. The Morgan fingerprint density at radius 3 is 2.34 bits per heavy atom. The predicted molar refractivity (Wildman–Crippen MR) is 126 cm³/mol. The molecule has 3 aromatic rings. The second kappa shape index (κ2) is 10.0. The first-order valence-electron chi connectivity index (χ1n) is 9.80. The van der Waals surface area contributed by atoms with Crippen molar-refractivity contribution in [2.24, 2.45) is 10.2 Å². The van der Waals surface area contributed by atoms with Crippen LogP contribution in [0.15, 0.2) is 86.5 Å². The van der Waals surface area contributed by atoms with E-state index in [0.29, 0.717) is 27.3 Å². The van der Waals surface area contributed by atoms with Gasteiger partial charge in [-0.15, -0.1) is 5.10 Å². The number of furan rings is 1. The van der Waals surface area contributed by atoms with Crippen molar-refractivity contribution in [1.29, 1.82) is 0 Å². The summed E-state index contributed by atoms with van der Waals surface area (Å²) in [5.74, 6) is 1.85. The quantitative estimate of drug-likeness (QED) is 0.295. The summed E-state index contributed by atoms with van der Waals surface area (Å²) >= 11 is 1.25. The summed E-state index contributed by atoms with van der Waals surface area (Å²) in [5.41, 5.74) is 1.60. The van der Waals surface area contributed by atoms with E-state index in [4.69, 9.17) is 13.9 Å². The maximum atomic E-state index is 13.2. The van der Waals surface area contributed by atoms with Gasteiger partial charge in [-0.25, -0.2) is 0 Å². The highest BCUT2D eigenvalue weighted by atomic mass is 32.2. The van der Waals surface area contributed by atoms with Crippen LogP contribution in [0, 0.1) is 0 Å². The summed E-state index contributed by atoms with van der Waals surface area (Å²) in [4.78, 5) is 15.2. The lowest BCUT2D eigenvalue weighted by Gasteiger charge is -2.12. The number of amides is 1. The van der Waals surface area contributed by atoms with Gasteiger partial charge in [-0.05, 0) is 48.2 Å². The predicted octanol–water partition coefficient (Wildman–Crippen LogP) is 4.80. The Morgan fingerprint density at radius 1 is 0.969 bits per heavy atom. The van der Waals surface area contributed by atoms with Crippen molar-refractivity contribution in [3.05, 3.63) is 88.7 Å². The molecule has 0 radical (unpaired) electrons. The second-order valence-electron chi connectivity index (χ2n) is 6.69. The van der Waals surface area contributed by atoms with Crippen LogP contribution in [0.4, 0.5) is 0 Å². The molecule has 32 heavy (non-hydrogen) atoms. The highest BCUT2D eigenvalue weighted by Crippen LogP contribution is 2.35. The minimum absolute atomic E-state index is 0.177. The highest BCUT2D eigenvalue weighted by molar-refractivity contribution is 8.18. The molecule has 0 spiro atoms. The molecule has 1 aliphatic heterocycles. The van der Waals surface area contributed by atoms with Crippen LogP contribution in [-0.2, 0) is 11.3 Å². The number of carbonyl (C=O) groups is 1. The van der Waals surface area contributed by atoms with E-state index in [1.807, 2.05) is 54.6 Å². The summed E-state index contributed by atoms with van der Waals surface area (Å²) in [5, 5.41) is 8.99. The van der Waals surface area contributed by atoms with Gasteiger partial charge in [-0.1, -0.05) is 30.3 Å². The van der Waals surface area contributed by atoms with E-state index in [9.17, 15) is 4.79 Å². The number of amidine groups is 1. The van der Waals surface area contributed by atoms with E-state index in [1.165, 1.54) is 11.8 Å². The molecule has 0 unspecified atom stereocenters. The van der Waals surface area contributed by atoms with Crippen LogP contribution in [0.25, 0.3) is 6.08 Å². The molecule has 4 rings (SSSR count). The van der Waals surface area contributed by atoms with E-state index in [-0.39, 0.29) is 12.5 Å². The molecule has 0 N–H and O–H groups in total. The Hall–Kier alpha value is -3.78. The fourth-order valence-corrected chi connectivity index (χ4v) is 4.05. The average Bonchev–Trinajstić information content (AvgIpc) is 3.44. The third-order valence-corrected chi connectivity index (χ3v) is 5.68. The largest absolute Gasteiger partial charge is 0.496 e. The SMILES string of the molecule is COc1ccccc1/C=C1\S/C(=N\N=C\c2ccccc2OC)N(Cc2ccco2)C1=O. The zero-order valence-corrected chi connectivity index (χ0v) is 18.4. The smallest absolute Gasteiger partial charge is 0.267 e. The van der Waals surface area contributed by atoms with Gasteiger partial charge in [0.1, 0.15) is 17.3 Å². The molecule has 1 amide bonds. The van der Waals surface area contributed by atoms with Gasteiger partial charge in [0.2, 0.25) is 0 Å². The van der Waals surface area contributed by atoms with Gasteiger partial charge in [0.15, 0.2) is 5.17 Å². The molecule has 162 valence electrons. The van der Waals surface area contributed by atoms with Crippen molar-refractivity contribution in [2.45, 2.75) is 6.54 Å². The van der Waals surface area contributed by atoms with Crippen LogP contribution in [0.5, 0.6) is 11.5 Å². The molecule has 2 heterocycles. The molecule has 0 saturated carbocycles. The van der Waals surface area contributed by atoms with Gasteiger partial charge in [0.05, 0.1) is 38.1 Å². The molecule has 0 aliphatic carbocycles. The van der Waals surface area contributed by atoms with Gasteiger partial charge >= 0.3 is 0 Å². The molecule has 7 nitrogen and oxygen atoms in total. The number of hydrogen-bond donors (Lipinski definition) is 0. The molecule has 1 fully saturated rings. The Balaban J connectivity index is 1.65. The lowest BCUT2D eigenvalue weighted by molar-refractivity contribution is -0.122. The average molecular weight is 448 g/mol. The fourth-order valence-electron chi connectivity index (χ4n) is 3.12. The maximum absolute atomic E-state index is 13.2. The van der Waals surface area contributed by atoms with E-state index in [2.05, 4.69) is 10.2 Å². The van der Waals surface area contributed by atoms with Crippen molar-refractivity contribution < 1.29 is 18.7 Å². The van der Waals surface area contributed by atoms with Crippen LogP contribution < -0.4 is 9.47 Å². The molecule has 1 aromatic heterocycles. The second-order valence-corrected chi connectivity index (χ2v) is 7.70. The van der Waals surface area contributed by atoms with Crippen LogP contribution in [0.2, 0.25) is 0 Å². The van der Waals surface area contributed by atoms with Gasteiger partial charge in [-0.2, -0.15) is 5.10 Å². The van der Waals surface area contributed by atoms with E-state index in [1.54, 1.807) is 43.7 Å². The lowest BCUT2D eigenvalue weighted by atomic mass is 10.2. The van der Waals surface area contributed by atoms with Gasteiger partial charge < -0.3 is 13.9 Å². The molecule has 2 aromatic carbocycles. The fraction of sp³-hybridized carbons (Fsp3) is 0.125. The number of benzene rings is 2. The number of rotatable bonds is 7. The number of methoxy groups -OCH3 is 2. The number of nitrogens with zero attached hydrogens (tertiary/aromatic N) is 3. The molecular formula is C24H21N3O4S. The first-order valence-corrected chi connectivity index (χ1v) is 10.6. The molecule has 8 heteroatoms. The van der Waals surface area contributed by atoms with Crippen molar-refractivity contribution in [1.82, 2.24) is 4.90 Å². The standard InChI is InChI=1S/C24H21N3O4S/c1-29-20-11-5-3-8-17(20)14-22-23(28)27(16-19-10-7-13-31-19)24(32-22)26-25-15-18-9-4-6-12-21(18)30-2/h3-15H,16H2,1-2H3/b22-14-,25-15+,26-24-. The number of hydrogen-bond acceptors (Lipinski definition) is 7. The summed E-state index contributed by atoms with van der Waals surface area (Å²) in [6.07, 6.45) is 4.97. The first-order chi connectivity index (χ1) is 15.7. The summed E-state index contributed by atoms with van der Waals surface area (Å²) < 4.78 is 16.2. The third-order valence-electron chi connectivity index (χ3n) is 4.69. The molecule has 1 saturated heterocycles. The first kappa shape index (κ1) is 21.5. The van der Waals surface area contributed by atoms with Crippen molar-refractivity contribution >= 4 is 35.1 Å². The van der Waals surface area contributed by atoms with Crippen LogP contribution in [0.1, 0.15) is 16.9 Å². The number of para-hydroxylation sites is 2. The van der Waals surface area contributed by atoms with E-state index >= 15 is 0 Å². The highest BCUT2D eigenvalue weighted by Gasteiger charge is 2.34. The lowest BCUT2D eigenvalue weighted by Crippen LogP contribution is -2.28. The zero-order valence-electron chi connectivity index (χ0n) is 17.6. The minimum atomic E-state index is -0.177. The van der Waals surface area contributed by atoms with Crippen LogP contribution >= 0.6 is 11.8 Å². The van der Waals surface area contributed by atoms with Crippen molar-refractivity contribution in [2.75, 3.05) is 14.2 Å². The van der Waals surface area contributed by atoms with Gasteiger partial charge in [0.25, 0.3) is 5.91 Å². The third kappa shape index (κ3) is 4.76. The Kier molecular flexibility index (Phi) is 6.72. The topological polar surface area (TPSA) is 76.6 Å². The summed E-state index contributed by atoms with van der Waals surface area (Å²) in [6, 6.07) is 18.6. The Labute approximate surface area is 190 Å². The summed E-state index contributed by atoms with van der Waals surface area (Å²) in [7, 11) is 3.20. The monoisotopic (exact) mass is 447 g/mol.